The van der Waals surface area contributed by atoms with Gasteiger partial charge in [0.15, 0.2) is 5.78 Å². The van der Waals surface area contributed by atoms with Gasteiger partial charge in [-0.15, -0.1) is 0 Å². The van der Waals surface area contributed by atoms with Gasteiger partial charge in [0.05, 0.1) is 0 Å². The quantitative estimate of drug-likeness (QED) is 0.529. The standard InChI is InChI=1S/C15H18O4/c1-7-4-11(16)13(17)15(3)6-12-9(5-10(7)15)8(2)14(18)19-12/h4,9-10,12-13,17H,2,5-6H2,1,3H3/t9-,10+,12-,13-,15+/m1/s1. The molecule has 1 aliphatic heterocycles. The zero-order valence-electron chi connectivity index (χ0n) is 11.2. The summed E-state index contributed by atoms with van der Waals surface area (Å²) in [5.41, 5.74) is 0.983. The average Bonchev–Trinajstić information content (AvgIpc) is 2.60. The first kappa shape index (κ1) is 12.6. The van der Waals surface area contributed by atoms with Crippen molar-refractivity contribution in [3.63, 3.8) is 0 Å². The highest BCUT2D eigenvalue weighted by molar-refractivity contribution is 5.96. The lowest BCUT2D eigenvalue weighted by Crippen LogP contribution is -2.53. The SMILES string of the molecule is C=C1C(=O)O[C@@H]2C[C@]3(C)[C@H](O)C(=O)C=C(C)[C@@H]3C[C@H]12. The largest absolute Gasteiger partial charge is 0.458 e. The van der Waals surface area contributed by atoms with Crippen LogP contribution in [0.3, 0.4) is 0 Å². The lowest BCUT2D eigenvalue weighted by Gasteiger charge is -2.49. The molecule has 3 aliphatic rings. The molecule has 1 heterocycles. The number of carbonyl (C=O) groups is 2. The smallest absolute Gasteiger partial charge is 0.334 e. The molecule has 0 unspecified atom stereocenters. The van der Waals surface area contributed by atoms with Crippen molar-refractivity contribution in [2.75, 3.05) is 0 Å². The van der Waals surface area contributed by atoms with E-state index in [1.165, 1.54) is 6.08 Å². The number of carbonyl (C=O) groups excluding carboxylic acids is 2. The van der Waals surface area contributed by atoms with Crippen LogP contribution in [0.1, 0.15) is 26.7 Å². The lowest BCUT2D eigenvalue weighted by atomic mass is 9.55. The van der Waals surface area contributed by atoms with Gasteiger partial charge in [0, 0.05) is 16.9 Å². The predicted octanol–water partition coefficient (Wildman–Crippen LogP) is 1.39. The van der Waals surface area contributed by atoms with Gasteiger partial charge in [-0.05, 0) is 31.8 Å². The van der Waals surface area contributed by atoms with Crippen molar-refractivity contribution in [2.24, 2.45) is 17.3 Å². The second kappa shape index (κ2) is 3.79. The highest BCUT2D eigenvalue weighted by Gasteiger charge is 2.56. The Balaban J connectivity index is 2.01. The van der Waals surface area contributed by atoms with E-state index < -0.39 is 11.5 Å². The van der Waals surface area contributed by atoms with Gasteiger partial charge in [0.25, 0.3) is 0 Å². The van der Waals surface area contributed by atoms with Crippen LogP contribution >= 0.6 is 0 Å². The molecular formula is C15H18O4. The molecule has 0 aromatic carbocycles. The van der Waals surface area contributed by atoms with Crippen molar-refractivity contribution in [3.8, 4) is 0 Å². The van der Waals surface area contributed by atoms with Gasteiger partial charge < -0.3 is 9.84 Å². The van der Waals surface area contributed by atoms with Gasteiger partial charge in [-0.3, -0.25) is 4.79 Å². The van der Waals surface area contributed by atoms with E-state index in [1.807, 2.05) is 13.8 Å². The number of hydrogen-bond donors (Lipinski definition) is 1. The molecule has 5 atom stereocenters. The molecule has 4 heteroatoms. The van der Waals surface area contributed by atoms with Gasteiger partial charge in [0.1, 0.15) is 12.2 Å². The fraction of sp³-hybridized carbons (Fsp3) is 0.600. The van der Waals surface area contributed by atoms with Crippen LogP contribution in [0.5, 0.6) is 0 Å². The van der Waals surface area contributed by atoms with E-state index in [2.05, 4.69) is 6.58 Å². The van der Waals surface area contributed by atoms with Crippen molar-refractivity contribution in [2.45, 2.75) is 38.9 Å². The molecule has 2 fully saturated rings. The third-order valence-electron chi connectivity index (χ3n) is 5.16. The molecule has 1 saturated carbocycles. The maximum atomic E-state index is 11.8. The van der Waals surface area contributed by atoms with E-state index in [4.69, 9.17) is 4.74 Å². The third kappa shape index (κ3) is 1.56. The van der Waals surface area contributed by atoms with E-state index in [-0.39, 0.29) is 29.7 Å². The summed E-state index contributed by atoms with van der Waals surface area (Å²) in [7, 11) is 0. The third-order valence-corrected chi connectivity index (χ3v) is 5.16. The van der Waals surface area contributed by atoms with Crippen LogP contribution in [-0.4, -0.2) is 29.1 Å². The summed E-state index contributed by atoms with van der Waals surface area (Å²) in [5.74, 6) is -0.445. The molecule has 0 amide bonds. The number of rotatable bonds is 0. The fourth-order valence-electron chi connectivity index (χ4n) is 3.99. The second-order valence-corrected chi connectivity index (χ2v) is 6.27. The highest BCUT2D eigenvalue weighted by atomic mass is 16.6. The van der Waals surface area contributed by atoms with Crippen molar-refractivity contribution in [3.05, 3.63) is 23.8 Å². The topological polar surface area (TPSA) is 63.6 Å². The Kier molecular flexibility index (Phi) is 2.52. The monoisotopic (exact) mass is 262 g/mol. The molecule has 0 bridgehead atoms. The normalized spacial score (nSPS) is 45.4. The minimum atomic E-state index is -1.00. The Labute approximate surface area is 112 Å². The van der Waals surface area contributed by atoms with Crippen LogP contribution in [0.4, 0.5) is 0 Å². The Morgan fingerprint density at radius 1 is 1.47 bits per heavy atom. The number of ether oxygens (including phenoxy) is 1. The molecule has 102 valence electrons. The van der Waals surface area contributed by atoms with Crippen molar-refractivity contribution in [1.29, 1.82) is 0 Å². The number of allylic oxidation sites excluding steroid dienone is 1. The Morgan fingerprint density at radius 3 is 2.84 bits per heavy atom. The van der Waals surface area contributed by atoms with Crippen LogP contribution in [0.25, 0.3) is 0 Å². The molecule has 4 nitrogen and oxygen atoms in total. The van der Waals surface area contributed by atoms with E-state index >= 15 is 0 Å². The molecule has 0 radical (unpaired) electrons. The van der Waals surface area contributed by atoms with Crippen molar-refractivity contribution >= 4 is 11.8 Å². The van der Waals surface area contributed by atoms with Crippen molar-refractivity contribution in [1.82, 2.24) is 0 Å². The molecule has 3 rings (SSSR count). The molecule has 1 saturated heterocycles. The summed E-state index contributed by atoms with van der Waals surface area (Å²) >= 11 is 0. The van der Waals surface area contributed by atoms with Crippen LogP contribution < -0.4 is 0 Å². The van der Waals surface area contributed by atoms with Crippen LogP contribution in [0, 0.1) is 17.3 Å². The number of ketones is 1. The zero-order valence-corrected chi connectivity index (χ0v) is 11.2. The van der Waals surface area contributed by atoms with Crippen LogP contribution in [0.15, 0.2) is 23.8 Å². The number of fused-ring (bicyclic) bond motifs is 2. The minimum absolute atomic E-state index is 0.0225. The Bertz CT molecular complexity index is 518. The number of aliphatic hydroxyl groups excluding tert-OH is 1. The van der Waals surface area contributed by atoms with E-state index in [1.54, 1.807) is 0 Å². The molecule has 2 aliphatic carbocycles. The number of esters is 1. The van der Waals surface area contributed by atoms with E-state index in [0.29, 0.717) is 12.0 Å². The summed E-state index contributed by atoms with van der Waals surface area (Å²) in [6.07, 6.45) is 1.53. The molecule has 0 aromatic rings. The summed E-state index contributed by atoms with van der Waals surface area (Å²) < 4.78 is 5.33. The van der Waals surface area contributed by atoms with E-state index in [9.17, 15) is 14.7 Å². The van der Waals surface area contributed by atoms with Crippen LogP contribution in [0.2, 0.25) is 0 Å². The summed E-state index contributed by atoms with van der Waals surface area (Å²) in [6, 6.07) is 0. The summed E-state index contributed by atoms with van der Waals surface area (Å²) in [4.78, 5) is 23.4. The van der Waals surface area contributed by atoms with Gasteiger partial charge in [-0.2, -0.15) is 0 Å². The molecule has 0 aromatic heterocycles. The van der Waals surface area contributed by atoms with Crippen molar-refractivity contribution < 1.29 is 19.4 Å². The van der Waals surface area contributed by atoms with Gasteiger partial charge in [0.2, 0.25) is 0 Å². The fourth-order valence-corrected chi connectivity index (χ4v) is 3.99. The molecule has 0 spiro atoms. The van der Waals surface area contributed by atoms with Crippen LogP contribution in [-0.2, 0) is 14.3 Å². The molecular weight excluding hydrogens is 244 g/mol. The lowest BCUT2D eigenvalue weighted by molar-refractivity contribution is -0.148. The second-order valence-electron chi connectivity index (χ2n) is 6.27. The minimum Gasteiger partial charge on any atom is -0.458 e. The van der Waals surface area contributed by atoms with Gasteiger partial charge in [-0.1, -0.05) is 19.1 Å². The first-order chi connectivity index (χ1) is 8.84. The highest BCUT2D eigenvalue weighted by Crippen LogP contribution is 2.54. The maximum Gasteiger partial charge on any atom is 0.334 e. The Morgan fingerprint density at radius 2 is 2.16 bits per heavy atom. The molecule has 1 N–H and O–H groups in total. The maximum absolute atomic E-state index is 11.8. The van der Waals surface area contributed by atoms with Gasteiger partial charge >= 0.3 is 5.97 Å². The molecule has 19 heavy (non-hydrogen) atoms. The number of aliphatic hydroxyl groups is 1. The summed E-state index contributed by atoms with van der Waals surface area (Å²) in [6.45, 7) is 7.66. The first-order valence-corrected chi connectivity index (χ1v) is 6.64. The zero-order chi connectivity index (χ0) is 13.9. The van der Waals surface area contributed by atoms with E-state index in [0.717, 1.165) is 12.0 Å². The first-order valence-electron chi connectivity index (χ1n) is 6.64. The average molecular weight is 262 g/mol. The Hall–Kier alpha value is -1.42. The number of hydrogen-bond acceptors (Lipinski definition) is 4. The van der Waals surface area contributed by atoms with Gasteiger partial charge in [-0.25, -0.2) is 4.79 Å². The summed E-state index contributed by atoms with van der Waals surface area (Å²) in [5, 5.41) is 10.2. The predicted molar refractivity (Wildman–Crippen MR) is 68.1 cm³/mol.